The lowest BCUT2D eigenvalue weighted by Crippen LogP contribution is -2.63. The number of rotatable bonds is 2. The van der Waals surface area contributed by atoms with E-state index in [1.807, 2.05) is 11.3 Å². The first-order valence-corrected chi connectivity index (χ1v) is 24.6. The fraction of sp³-hybridized carbons (Fsp3) is 0.246. The molecule has 13 rings (SSSR count). The van der Waals surface area contributed by atoms with Gasteiger partial charge in [-0.25, -0.2) is 0 Å². The van der Waals surface area contributed by atoms with Crippen molar-refractivity contribution in [2.75, 3.05) is 9.71 Å². The molecule has 0 radical (unpaired) electrons. The van der Waals surface area contributed by atoms with Crippen molar-refractivity contribution >= 4 is 88.5 Å². The third-order valence-electron chi connectivity index (χ3n) is 16.2. The van der Waals surface area contributed by atoms with Gasteiger partial charge < -0.3 is 9.71 Å². The molecular weight excluding hydrogens is 804 g/mol. The van der Waals surface area contributed by atoms with Crippen LogP contribution in [0.25, 0.3) is 53.2 Å². The minimum atomic E-state index is -0.181. The number of anilines is 5. The standard InChI is InChI=1S/C61H55BN2S/c1-58(2,3)38-26-28-48(41(33-38)36-18-11-10-12-19-36)63-50-32-37-20-13-14-21-39(37)53-40-22-17-24-44-56(40)64(49-25-16-15-23-43(49)61(44,8)9)62(55(50)53)47-27-29-51-54(57(47)63)42-34-45-46(35-52(42)65-51)60(6,7)31-30-59(45,4)5/h10-29,32-35H,30-31H2,1-9H3. The van der Waals surface area contributed by atoms with Gasteiger partial charge in [-0.05, 0) is 132 Å². The van der Waals surface area contributed by atoms with Gasteiger partial charge in [0.1, 0.15) is 0 Å². The fourth-order valence-electron chi connectivity index (χ4n) is 12.6. The fourth-order valence-corrected chi connectivity index (χ4v) is 13.7. The molecule has 4 heterocycles. The third-order valence-corrected chi connectivity index (χ3v) is 17.3. The van der Waals surface area contributed by atoms with Crippen LogP contribution in [0.1, 0.15) is 103 Å². The van der Waals surface area contributed by atoms with Crippen LogP contribution in [-0.4, -0.2) is 6.85 Å². The number of thiophene rings is 1. The molecule has 0 saturated heterocycles. The molecule has 2 nitrogen and oxygen atoms in total. The summed E-state index contributed by atoms with van der Waals surface area (Å²) in [6.07, 6.45) is 2.38. The van der Waals surface area contributed by atoms with Crippen LogP contribution in [0, 0.1) is 0 Å². The molecule has 65 heavy (non-hydrogen) atoms. The number of hydrogen-bond donors (Lipinski definition) is 0. The van der Waals surface area contributed by atoms with Crippen molar-refractivity contribution in [3.05, 3.63) is 173 Å². The van der Waals surface area contributed by atoms with Gasteiger partial charge in [-0.3, -0.25) is 0 Å². The molecule has 318 valence electrons. The first kappa shape index (κ1) is 39.3. The summed E-state index contributed by atoms with van der Waals surface area (Å²) in [7, 11) is 0. The van der Waals surface area contributed by atoms with Gasteiger partial charge in [0.2, 0.25) is 0 Å². The van der Waals surface area contributed by atoms with E-state index in [-0.39, 0.29) is 28.5 Å². The molecule has 1 aliphatic carbocycles. The quantitative estimate of drug-likeness (QED) is 0.160. The Morgan fingerprint density at radius 2 is 1.25 bits per heavy atom. The molecule has 0 atom stereocenters. The molecule has 4 aliphatic rings. The topological polar surface area (TPSA) is 6.48 Å². The second kappa shape index (κ2) is 13.0. The maximum atomic E-state index is 2.76. The van der Waals surface area contributed by atoms with Crippen LogP contribution < -0.4 is 20.6 Å². The van der Waals surface area contributed by atoms with Crippen LogP contribution in [-0.2, 0) is 21.7 Å². The van der Waals surface area contributed by atoms with E-state index in [1.54, 1.807) is 0 Å². The average molecular weight is 859 g/mol. The first-order chi connectivity index (χ1) is 31.1. The zero-order valence-corrected chi connectivity index (χ0v) is 40.0. The Hall–Kier alpha value is -6.10. The number of fused-ring (bicyclic) bond motifs is 13. The Labute approximate surface area is 388 Å². The molecule has 0 saturated carbocycles. The molecule has 8 aromatic carbocycles. The second-order valence-corrected chi connectivity index (χ2v) is 23.4. The molecular formula is C61H55BN2S. The third kappa shape index (κ3) is 5.29. The van der Waals surface area contributed by atoms with Crippen molar-refractivity contribution < 1.29 is 0 Å². The summed E-state index contributed by atoms with van der Waals surface area (Å²) < 4.78 is 2.73. The Kier molecular flexibility index (Phi) is 7.88. The van der Waals surface area contributed by atoms with Crippen LogP contribution in [0.2, 0.25) is 0 Å². The first-order valence-electron chi connectivity index (χ1n) is 23.8. The van der Waals surface area contributed by atoms with Gasteiger partial charge in [0.25, 0.3) is 0 Å². The van der Waals surface area contributed by atoms with E-state index in [2.05, 4.69) is 218 Å². The van der Waals surface area contributed by atoms with Crippen molar-refractivity contribution in [3.63, 3.8) is 0 Å². The van der Waals surface area contributed by atoms with Gasteiger partial charge >= 0.3 is 6.85 Å². The average Bonchev–Trinajstić information content (AvgIpc) is 3.67. The maximum absolute atomic E-state index is 2.76. The number of benzene rings is 8. The van der Waals surface area contributed by atoms with E-state index in [4.69, 9.17) is 0 Å². The summed E-state index contributed by atoms with van der Waals surface area (Å²) in [6.45, 7) is 21.7. The van der Waals surface area contributed by atoms with E-state index in [1.165, 1.54) is 133 Å². The summed E-state index contributed by atoms with van der Waals surface area (Å²) in [6, 6.07) is 56.8. The highest BCUT2D eigenvalue weighted by Gasteiger charge is 2.51. The van der Waals surface area contributed by atoms with Crippen LogP contribution >= 0.6 is 11.3 Å². The van der Waals surface area contributed by atoms with Crippen molar-refractivity contribution in [1.29, 1.82) is 0 Å². The Balaban J connectivity index is 1.24. The van der Waals surface area contributed by atoms with Gasteiger partial charge in [-0.1, -0.05) is 165 Å². The van der Waals surface area contributed by atoms with E-state index in [0.717, 1.165) is 0 Å². The predicted molar refractivity (Wildman–Crippen MR) is 282 cm³/mol. The smallest absolute Gasteiger partial charge is 0.333 e. The highest BCUT2D eigenvalue weighted by molar-refractivity contribution is 7.26. The molecule has 9 aromatic rings. The summed E-state index contributed by atoms with van der Waals surface area (Å²) in [5.74, 6) is 0. The SMILES string of the molecule is CC(C)(C)c1ccc(N2c3cc4ccccc4c4c3B(c3ccc5sc6cc7c(cc6c5c32)C(C)(C)CCC7(C)C)N2c3ccccc3C(C)(C)c3cccc-4c32)c(-c2ccccc2)c1. The Morgan fingerprint density at radius 1 is 0.538 bits per heavy atom. The van der Waals surface area contributed by atoms with Crippen LogP contribution in [0.4, 0.5) is 28.4 Å². The van der Waals surface area contributed by atoms with E-state index < -0.39 is 0 Å². The molecule has 4 heteroatoms. The largest absolute Gasteiger partial charge is 0.376 e. The lowest BCUT2D eigenvalue weighted by molar-refractivity contribution is 0.332. The summed E-state index contributed by atoms with van der Waals surface area (Å²) in [4.78, 5) is 5.49. The van der Waals surface area contributed by atoms with Crippen molar-refractivity contribution in [1.82, 2.24) is 0 Å². The Morgan fingerprint density at radius 3 is 2.03 bits per heavy atom. The van der Waals surface area contributed by atoms with Gasteiger partial charge in [-0.15, -0.1) is 11.3 Å². The van der Waals surface area contributed by atoms with Gasteiger partial charge in [0.05, 0.1) is 11.4 Å². The Bertz CT molecular complexity index is 3530. The zero-order chi connectivity index (χ0) is 44.5. The maximum Gasteiger partial charge on any atom is 0.333 e. The molecule has 0 amide bonds. The molecule has 0 unspecified atom stereocenters. The van der Waals surface area contributed by atoms with Gasteiger partial charge in [0.15, 0.2) is 0 Å². The number of hydrogen-bond acceptors (Lipinski definition) is 3. The molecule has 3 aliphatic heterocycles. The molecule has 0 spiro atoms. The lowest BCUT2D eigenvalue weighted by atomic mass is 9.42. The van der Waals surface area contributed by atoms with Crippen molar-refractivity contribution in [2.24, 2.45) is 0 Å². The van der Waals surface area contributed by atoms with E-state index >= 15 is 0 Å². The highest BCUT2D eigenvalue weighted by Crippen LogP contribution is 2.59. The van der Waals surface area contributed by atoms with E-state index in [9.17, 15) is 0 Å². The van der Waals surface area contributed by atoms with Crippen LogP contribution in [0.3, 0.4) is 0 Å². The van der Waals surface area contributed by atoms with E-state index in [0.29, 0.717) is 0 Å². The summed E-state index contributed by atoms with van der Waals surface area (Å²) in [5.41, 5.74) is 21.5. The van der Waals surface area contributed by atoms with Gasteiger partial charge in [0, 0.05) is 53.8 Å². The zero-order valence-electron chi connectivity index (χ0n) is 39.2. The minimum absolute atomic E-state index is 0.0254. The molecule has 0 bridgehead atoms. The second-order valence-electron chi connectivity index (χ2n) is 22.3. The minimum Gasteiger partial charge on any atom is -0.376 e. The predicted octanol–water partition coefficient (Wildman–Crippen LogP) is 15.9. The van der Waals surface area contributed by atoms with Crippen LogP contribution in [0.5, 0.6) is 0 Å². The molecule has 1 aromatic heterocycles. The normalized spacial score (nSPS) is 17.2. The van der Waals surface area contributed by atoms with Crippen molar-refractivity contribution in [2.45, 2.75) is 96.8 Å². The lowest BCUT2D eigenvalue weighted by Gasteiger charge is -2.51. The van der Waals surface area contributed by atoms with Crippen molar-refractivity contribution in [3.8, 4) is 22.3 Å². The molecule has 0 fully saturated rings. The summed E-state index contributed by atoms with van der Waals surface area (Å²) in [5, 5.41) is 5.33. The van der Waals surface area contributed by atoms with Crippen LogP contribution in [0.15, 0.2) is 146 Å². The molecule has 0 N–H and O–H groups in total. The highest BCUT2D eigenvalue weighted by atomic mass is 32.1. The summed E-state index contributed by atoms with van der Waals surface area (Å²) >= 11 is 1.98. The number of nitrogens with zero attached hydrogens (tertiary/aromatic N) is 2. The van der Waals surface area contributed by atoms with Gasteiger partial charge in [-0.2, -0.15) is 0 Å². The monoisotopic (exact) mass is 858 g/mol. The number of para-hydroxylation sites is 2.